The van der Waals surface area contributed by atoms with E-state index in [1.807, 2.05) is 0 Å². The van der Waals surface area contributed by atoms with E-state index >= 15 is 0 Å². The van der Waals surface area contributed by atoms with Gasteiger partial charge in [-0.05, 0) is 12.5 Å². The first-order valence-corrected chi connectivity index (χ1v) is 4.86. The van der Waals surface area contributed by atoms with Gasteiger partial charge in [0, 0.05) is 35.2 Å². The number of pyridine rings is 1. The normalized spacial score (nSPS) is 19.4. The number of fused-ring (bicyclic) bond motifs is 1. The minimum Gasteiger partial charge on any atom is -0.496 e. The van der Waals surface area contributed by atoms with Crippen LogP contribution in [0.15, 0.2) is 12.3 Å². The molecule has 2 rings (SSSR count). The van der Waals surface area contributed by atoms with Crippen molar-refractivity contribution in [1.29, 1.82) is 0 Å². The summed E-state index contributed by atoms with van der Waals surface area (Å²) in [5, 5.41) is 10.7. The smallest absolute Gasteiger partial charge is 0.217 e. The number of hydrogen-bond donors (Lipinski definition) is 0. The van der Waals surface area contributed by atoms with Crippen molar-refractivity contribution in [2.45, 2.75) is 25.3 Å². The lowest BCUT2D eigenvalue weighted by molar-refractivity contribution is -0.523. The van der Waals surface area contributed by atoms with Crippen LogP contribution in [0.4, 0.5) is 0 Å². The summed E-state index contributed by atoms with van der Waals surface area (Å²) in [4.78, 5) is 14.7. The van der Waals surface area contributed by atoms with Crippen molar-refractivity contribution in [3.63, 3.8) is 0 Å². The van der Waals surface area contributed by atoms with Crippen molar-refractivity contribution in [3.8, 4) is 5.75 Å². The largest absolute Gasteiger partial charge is 0.496 e. The fourth-order valence-electron chi connectivity index (χ4n) is 1.96. The summed E-state index contributed by atoms with van der Waals surface area (Å²) in [6.07, 6.45) is 3.35. The number of methoxy groups -OCH3 is 1. The van der Waals surface area contributed by atoms with Crippen molar-refractivity contribution < 1.29 is 9.66 Å². The monoisotopic (exact) mass is 208 g/mol. The summed E-state index contributed by atoms with van der Waals surface area (Å²) in [5.74, 6) is 0.714. The molecular weight excluding hydrogens is 196 g/mol. The number of ether oxygens (including phenoxy) is 1. The van der Waals surface area contributed by atoms with Crippen molar-refractivity contribution in [1.82, 2.24) is 4.98 Å². The fraction of sp³-hybridized carbons (Fsp3) is 0.500. The molecule has 0 saturated heterocycles. The fourth-order valence-corrected chi connectivity index (χ4v) is 1.96. The van der Waals surface area contributed by atoms with E-state index in [9.17, 15) is 10.1 Å². The first-order valence-electron chi connectivity index (χ1n) is 4.86. The van der Waals surface area contributed by atoms with Gasteiger partial charge >= 0.3 is 0 Å². The third kappa shape index (κ3) is 1.77. The molecule has 0 saturated carbocycles. The summed E-state index contributed by atoms with van der Waals surface area (Å²) in [6.45, 7) is 0. The summed E-state index contributed by atoms with van der Waals surface area (Å²) < 4.78 is 5.18. The first kappa shape index (κ1) is 9.89. The van der Waals surface area contributed by atoms with Crippen molar-refractivity contribution in [2.75, 3.05) is 7.11 Å². The van der Waals surface area contributed by atoms with Crippen LogP contribution in [-0.4, -0.2) is 23.1 Å². The van der Waals surface area contributed by atoms with E-state index in [1.165, 1.54) is 0 Å². The molecule has 1 aromatic rings. The number of hydrogen-bond acceptors (Lipinski definition) is 4. The molecule has 1 atom stereocenters. The minimum absolute atomic E-state index is 0.213. The van der Waals surface area contributed by atoms with E-state index in [-0.39, 0.29) is 4.92 Å². The Morgan fingerprint density at radius 2 is 2.47 bits per heavy atom. The quantitative estimate of drug-likeness (QED) is 0.541. The number of nitrogens with zero attached hydrogens (tertiary/aromatic N) is 2. The second-order valence-electron chi connectivity index (χ2n) is 3.62. The van der Waals surface area contributed by atoms with Crippen LogP contribution in [0.25, 0.3) is 0 Å². The Bertz CT molecular complexity index is 378. The predicted octanol–water partition coefficient (Wildman–Crippen LogP) is 1.22. The van der Waals surface area contributed by atoms with Crippen LogP contribution in [-0.2, 0) is 12.8 Å². The molecule has 15 heavy (non-hydrogen) atoms. The van der Waals surface area contributed by atoms with Gasteiger partial charge < -0.3 is 4.74 Å². The van der Waals surface area contributed by atoms with Crippen LogP contribution >= 0.6 is 0 Å². The zero-order valence-electron chi connectivity index (χ0n) is 8.47. The predicted molar refractivity (Wildman–Crippen MR) is 53.6 cm³/mol. The second kappa shape index (κ2) is 3.84. The lowest BCUT2D eigenvalue weighted by Gasteiger charge is -2.19. The number of rotatable bonds is 2. The Morgan fingerprint density at radius 3 is 3.13 bits per heavy atom. The number of aromatic nitrogens is 1. The van der Waals surface area contributed by atoms with E-state index < -0.39 is 6.04 Å². The van der Waals surface area contributed by atoms with Crippen LogP contribution in [0.1, 0.15) is 17.7 Å². The summed E-state index contributed by atoms with van der Waals surface area (Å²) in [7, 11) is 1.57. The van der Waals surface area contributed by atoms with E-state index in [1.54, 1.807) is 19.4 Å². The summed E-state index contributed by atoms with van der Waals surface area (Å²) in [5.41, 5.74) is 1.83. The van der Waals surface area contributed by atoms with Gasteiger partial charge in [-0.1, -0.05) is 0 Å². The molecule has 80 valence electrons. The average Bonchev–Trinajstić information content (AvgIpc) is 2.27. The molecule has 0 spiro atoms. The minimum atomic E-state index is -0.490. The van der Waals surface area contributed by atoms with Crippen molar-refractivity contribution in [2.24, 2.45) is 0 Å². The van der Waals surface area contributed by atoms with E-state index in [0.717, 1.165) is 11.3 Å². The molecule has 0 aliphatic heterocycles. The molecule has 0 radical (unpaired) electrons. The zero-order chi connectivity index (χ0) is 10.8. The maximum Gasteiger partial charge on any atom is 0.217 e. The van der Waals surface area contributed by atoms with Crippen LogP contribution in [0.3, 0.4) is 0 Å². The molecule has 1 aliphatic carbocycles. The third-order valence-corrected chi connectivity index (χ3v) is 2.77. The van der Waals surface area contributed by atoms with Crippen LogP contribution < -0.4 is 4.74 Å². The highest BCUT2D eigenvalue weighted by atomic mass is 16.6. The maximum absolute atomic E-state index is 10.7. The van der Waals surface area contributed by atoms with Gasteiger partial charge in [0.15, 0.2) is 0 Å². The van der Waals surface area contributed by atoms with E-state index in [4.69, 9.17) is 4.74 Å². The Morgan fingerprint density at radius 1 is 1.67 bits per heavy atom. The Labute approximate surface area is 87.2 Å². The van der Waals surface area contributed by atoms with Crippen molar-refractivity contribution in [3.05, 3.63) is 33.6 Å². The molecule has 1 aliphatic rings. The summed E-state index contributed by atoms with van der Waals surface area (Å²) in [6, 6.07) is 1.26. The lowest BCUT2D eigenvalue weighted by Crippen LogP contribution is -2.28. The molecule has 0 bridgehead atoms. The third-order valence-electron chi connectivity index (χ3n) is 2.77. The van der Waals surface area contributed by atoms with Gasteiger partial charge in [0.2, 0.25) is 6.04 Å². The topological polar surface area (TPSA) is 65.3 Å². The van der Waals surface area contributed by atoms with Gasteiger partial charge in [-0.3, -0.25) is 15.1 Å². The molecule has 1 aromatic heterocycles. The van der Waals surface area contributed by atoms with Crippen molar-refractivity contribution >= 4 is 0 Å². The standard InChI is InChI=1S/C10H12N2O3/c1-15-10-4-5-11-9-3-2-7(12(13)14)6-8(9)10/h4-5,7H,2-3,6H2,1H3. The molecule has 0 N–H and O–H groups in total. The Hall–Kier alpha value is -1.65. The van der Waals surface area contributed by atoms with Gasteiger partial charge in [0.1, 0.15) is 5.75 Å². The molecule has 0 fully saturated rings. The Balaban J connectivity index is 2.34. The highest BCUT2D eigenvalue weighted by Crippen LogP contribution is 2.28. The lowest BCUT2D eigenvalue weighted by atomic mass is 9.91. The average molecular weight is 208 g/mol. The molecule has 5 heteroatoms. The first-order chi connectivity index (χ1) is 7.22. The molecule has 5 nitrogen and oxygen atoms in total. The summed E-state index contributed by atoms with van der Waals surface area (Å²) >= 11 is 0. The molecule has 1 unspecified atom stereocenters. The highest BCUT2D eigenvalue weighted by Gasteiger charge is 2.29. The zero-order valence-corrected chi connectivity index (χ0v) is 8.47. The SMILES string of the molecule is COc1ccnc2c1CC([N+](=O)[O-])CC2. The number of nitro groups is 1. The molecule has 0 amide bonds. The number of aryl methyl sites for hydroxylation is 1. The Kier molecular flexibility index (Phi) is 2.53. The van der Waals surface area contributed by atoms with Crippen LogP contribution in [0.5, 0.6) is 5.75 Å². The van der Waals surface area contributed by atoms with E-state index in [2.05, 4.69) is 4.98 Å². The highest BCUT2D eigenvalue weighted by molar-refractivity contribution is 5.37. The van der Waals surface area contributed by atoms with Gasteiger partial charge in [-0.2, -0.15) is 0 Å². The molecule has 1 heterocycles. The van der Waals surface area contributed by atoms with E-state index in [0.29, 0.717) is 25.0 Å². The van der Waals surface area contributed by atoms with Gasteiger partial charge in [0.25, 0.3) is 0 Å². The van der Waals surface area contributed by atoms with Crippen LogP contribution in [0.2, 0.25) is 0 Å². The molecular formula is C10H12N2O3. The molecule has 0 aromatic carbocycles. The maximum atomic E-state index is 10.7. The van der Waals surface area contributed by atoms with Crippen LogP contribution in [0, 0.1) is 10.1 Å². The van der Waals surface area contributed by atoms with Gasteiger partial charge in [-0.15, -0.1) is 0 Å². The van der Waals surface area contributed by atoms with Gasteiger partial charge in [-0.25, -0.2) is 0 Å². The van der Waals surface area contributed by atoms with Gasteiger partial charge in [0.05, 0.1) is 7.11 Å². The second-order valence-corrected chi connectivity index (χ2v) is 3.62.